The van der Waals surface area contributed by atoms with Gasteiger partial charge in [-0.3, -0.25) is 9.78 Å². The Labute approximate surface area is 176 Å². The van der Waals surface area contributed by atoms with Gasteiger partial charge in [0.15, 0.2) is 5.82 Å². The minimum Gasteiger partial charge on any atom is -0.368 e. The first kappa shape index (κ1) is 21.9. The average molecular weight is 431 g/mol. The van der Waals surface area contributed by atoms with Crippen LogP contribution in [0.4, 0.5) is 36.3 Å². The number of anilines is 4. The normalized spacial score (nSPS) is 11.3. The van der Waals surface area contributed by atoms with Crippen LogP contribution in [0.5, 0.6) is 0 Å². The van der Waals surface area contributed by atoms with Crippen molar-refractivity contribution < 1.29 is 18.0 Å². The Hall–Kier alpha value is -3.76. The van der Waals surface area contributed by atoms with Crippen LogP contribution < -0.4 is 16.0 Å². The number of aromatic nitrogens is 4. The van der Waals surface area contributed by atoms with Crippen molar-refractivity contribution in [1.82, 2.24) is 19.9 Å². The lowest BCUT2D eigenvalue weighted by Crippen LogP contribution is -2.13. The largest absolute Gasteiger partial charge is 0.433 e. The molecule has 0 atom stereocenters. The Balaban J connectivity index is 1.99. The van der Waals surface area contributed by atoms with Crippen LogP contribution in [0.25, 0.3) is 11.5 Å². The molecule has 3 heterocycles. The fourth-order valence-electron chi connectivity index (χ4n) is 2.62. The smallest absolute Gasteiger partial charge is 0.368 e. The van der Waals surface area contributed by atoms with Gasteiger partial charge in [0.25, 0.3) is 0 Å². The first-order valence-electron chi connectivity index (χ1n) is 9.31. The lowest BCUT2D eigenvalue weighted by Gasteiger charge is -2.14. The third-order valence-corrected chi connectivity index (χ3v) is 3.77. The van der Waals surface area contributed by atoms with E-state index in [4.69, 9.17) is 0 Å². The first-order chi connectivity index (χ1) is 14.6. The van der Waals surface area contributed by atoms with Crippen LogP contribution in [-0.2, 0) is 11.0 Å². The highest BCUT2D eigenvalue weighted by Gasteiger charge is 2.32. The summed E-state index contributed by atoms with van der Waals surface area (Å²) in [5.74, 6) is 1.000. The standard InChI is InChI=1S/C20H20F3N7O/c1-11(2)25-17-10-18(27-13-7-8-24-15(9-13)20(21,22)23)30-19(29-17)14-5-4-6-16(28-14)26-12(3)31/h4-11H,1-3H3,(H,26,28,31)(H2,24,25,27,29,30). The summed E-state index contributed by atoms with van der Waals surface area (Å²) < 4.78 is 38.9. The summed E-state index contributed by atoms with van der Waals surface area (Å²) in [4.78, 5) is 27.8. The van der Waals surface area contributed by atoms with Gasteiger partial charge in [-0.25, -0.2) is 15.0 Å². The predicted molar refractivity (Wildman–Crippen MR) is 111 cm³/mol. The van der Waals surface area contributed by atoms with Gasteiger partial charge in [-0.1, -0.05) is 6.07 Å². The number of nitrogens with one attached hydrogen (secondary N) is 3. The fraction of sp³-hybridized carbons (Fsp3) is 0.250. The molecule has 0 aliphatic rings. The fourth-order valence-corrected chi connectivity index (χ4v) is 2.62. The molecule has 0 aliphatic heterocycles. The lowest BCUT2D eigenvalue weighted by molar-refractivity contribution is -0.141. The Morgan fingerprint density at radius 3 is 2.42 bits per heavy atom. The minimum absolute atomic E-state index is 0.0482. The third-order valence-electron chi connectivity index (χ3n) is 3.77. The maximum atomic E-state index is 13.0. The van der Waals surface area contributed by atoms with Crippen molar-refractivity contribution in [2.75, 3.05) is 16.0 Å². The lowest BCUT2D eigenvalue weighted by atomic mass is 10.3. The molecule has 0 aliphatic carbocycles. The van der Waals surface area contributed by atoms with E-state index < -0.39 is 11.9 Å². The van der Waals surface area contributed by atoms with E-state index in [1.165, 1.54) is 13.0 Å². The monoisotopic (exact) mass is 431 g/mol. The molecule has 1 amide bonds. The zero-order chi connectivity index (χ0) is 22.6. The molecule has 0 spiro atoms. The van der Waals surface area contributed by atoms with E-state index in [-0.39, 0.29) is 29.3 Å². The second-order valence-electron chi connectivity index (χ2n) is 6.90. The van der Waals surface area contributed by atoms with Crippen molar-refractivity contribution in [1.29, 1.82) is 0 Å². The molecule has 31 heavy (non-hydrogen) atoms. The molecular weight excluding hydrogens is 411 g/mol. The van der Waals surface area contributed by atoms with Crippen LogP contribution >= 0.6 is 0 Å². The van der Waals surface area contributed by atoms with Crippen molar-refractivity contribution >= 4 is 29.0 Å². The summed E-state index contributed by atoms with van der Waals surface area (Å²) >= 11 is 0. The van der Waals surface area contributed by atoms with Crippen molar-refractivity contribution in [3.8, 4) is 11.5 Å². The van der Waals surface area contributed by atoms with Crippen LogP contribution in [0.1, 0.15) is 26.5 Å². The summed E-state index contributed by atoms with van der Waals surface area (Å²) in [6.07, 6.45) is -3.49. The Bertz CT molecular complexity index is 1090. The van der Waals surface area contributed by atoms with E-state index >= 15 is 0 Å². The molecule has 0 saturated carbocycles. The Morgan fingerprint density at radius 1 is 1.00 bits per heavy atom. The number of alkyl halides is 3. The number of nitrogens with zero attached hydrogens (tertiary/aromatic N) is 4. The molecule has 0 fully saturated rings. The molecule has 0 bridgehead atoms. The summed E-state index contributed by atoms with van der Waals surface area (Å²) in [5.41, 5.74) is -0.466. The number of rotatable bonds is 6. The number of hydrogen-bond acceptors (Lipinski definition) is 7. The highest BCUT2D eigenvalue weighted by Crippen LogP contribution is 2.30. The molecule has 3 aromatic rings. The van der Waals surface area contributed by atoms with Crippen LogP contribution in [0.15, 0.2) is 42.6 Å². The summed E-state index contributed by atoms with van der Waals surface area (Å²) in [6, 6.07) is 8.90. The summed E-state index contributed by atoms with van der Waals surface area (Å²) in [5, 5.41) is 8.59. The van der Waals surface area contributed by atoms with Crippen molar-refractivity contribution in [3.63, 3.8) is 0 Å². The van der Waals surface area contributed by atoms with Gasteiger partial charge in [0.2, 0.25) is 5.91 Å². The van der Waals surface area contributed by atoms with E-state index in [1.54, 1.807) is 24.3 Å². The van der Waals surface area contributed by atoms with E-state index in [0.29, 0.717) is 17.3 Å². The van der Waals surface area contributed by atoms with Gasteiger partial charge in [0, 0.05) is 30.9 Å². The number of halogens is 3. The van der Waals surface area contributed by atoms with Crippen LogP contribution in [0, 0.1) is 0 Å². The second-order valence-corrected chi connectivity index (χ2v) is 6.90. The number of hydrogen-bond donors (Lipinski definition) is 3. The molecule has 0 saturated heterocycles. The summed E-state index contributed by atoms with van der Waals surface area (Å²) in [7, 11) is 0. The highest BCUT2D eigenvalue weighted by molar-refractivity contribution is 5.87. The van der Waals surface area contributed by atoms with Gasteiger partial charge in [0.05, 0.1) is 0 Å². The number of pyridine rings is 2. The molecule has 162 valence electrons. The van der Waals surface area contributed by atoms with Gasteiger partial charge in [-0.15, -0.1) is 0 Å². The number of carbonyl (C=O) groups excluding carboxylic acids is 1. The van der Waals surface area contributed by atoms with E-state index in [1.807, 2.05) is 13.8 Å². The third kappa shape index (κ3) is 6.11. The molecule has 3 aromatic heterocycles. The molecule has 0 radical (unpaired) electrons. The quantitative estimate of drug-likeness (QED) is 0.529. The van der Waals surface area contributed by atoms with Gasteiger partial charge < -0.3 is 16.0 Å². The van der Waals surface area contributed by atoms with Crippen LogP contribution in [0.3, 0.4) is 0 Å². The molecule has 0 aromatic carbocycles. The number of carbonyl (C=O) groups is 1. The second kappa shape index (κ2) is 8.94. The highest BCUT2D eigenvalue weighted by atomic mass is 19.4. The SMILES string of the molecule is CC(=O)Nc1cccc(-c2nc(Nc3ccnc(C(F)(F)F)c3)cc(NC(C)C)n2)n1. The zero-order valence-corrected chi connectivity index (χ0v) is 16.9. The van der Waals surface area contributed by atoms with Gasteiger partial charge >= 0.3 is 6.18 Å². The van der Waals surface area contributed by atoms with Crippen molar-refractivity contribution in [3.05, 3.63) is 48.3 Å². The average Bonchev–Trinajstić information content (AvgIpc) is 2.66. The van der Waals surface area contributed by atoms with E-state index in [0.717, 1.165) is 12.3 Å². The van der Waals surface area contributed by atoms with Crippen LogP contribution in [-0.4, -0.2) is 31.9 Å². The van der Waals surface area contributed by atoms with Gasteiger partial charge in [0.1, 0.15) is 28.8 Å². The maximum Gasteiger partial charge on any atom is 0.433 e. The molecular formula is C20H20F3N7O. The summed E-state index contributed by atoms with van der Waals surface area (Å²) in [6.45, 7) is 5.20. The van der Waals surface area contributed by atoms with Gasteiger partial charge in [-0.2, -0.15) is 13.2 Å². The minimum atomic E-state index is -4.56. The zero-order valence-electron chi connectivity index (χ0n) is 16.9. The van der Waals surface area contributed by atoms with Gasteiger partial charge in [-0.05, 0) is 38.1 Å². The van der Waals surface area contributed by atoms with Crippen molar-refractivity contribution in [2.45, 2.75) is 33.0 Å². The molecule has 3 N–H and O–H groups in total. The molecule has 11 heteroatoms. The van der Waals surface area contributed by atoms with E-state index in [2.05, 4.69) is 35.9 Å². The van der Waals surface area contributed by atoms with E-state index in [9.17, 15) is 18.0 Å². The molecule has 3 rings (SSSR count). The first-order valence-corrected chi connectivity index (χ1v) is 9.31. The Morgan fingerprint density at radius 2 is 1.74 bits per heavy atom. The predicted octanol–water partition coefficient (Wildman–Crippen LogP) is 4.47. The molecule has 8 nitrogen and oxygen atoms in total. The topological polar surface area (TPSA) is 105 Å². The van der Waals surface area contributed by atoms with Crippen molar-refractivity contribution in [2.24, 2.45) is 0 Å². The Kier molecular flexibility index (Phi) is 6.33. The molecule has 0 unspecified atom stereocenters. The maximum absolute atomic E-state index is 13.0. The number of amides is 1. The van der Waals surface area contributed by atoms with Crippen LogP contribution in [0.2, 0.25) is 0 Å².